The lowest BCUT2D eigenvalue weighted by Gasteiger charge is -2.11. The van der Waals surface area contributed by atoms with Crippen LogP contribution in [0.5, 0.6) is 0 Å². The van der Waals surface area contributed by atoms with Gasteiger partial charge in [0.1, 0.15) is 0 Å². The van der Waals surface area contributed by atoms with E-state index in [1.54, 1.807) is 6.20 Å². The number of rotatable bonds is 12. The maximum absolute atomic E-state index is 5.16. The zero-order valence-corrected chi connectivity index (χ0v) is 31.3. The fourth-order valence-corrected chi connectivity index (χ4v) is 6.18. The molecule has 0 spiro atoms. The summed E-state index contributed by atoms with van der Waals surface area (Å²) in [7, 11) is 0. The number of hydrogen-bond donors (Lipinski definition) is 0. The van der Waals surface area contributed by atoms with Gasteiger partial charge in [-0.3, -0.25) is 4.98 Å². The van der Waals surface area contributed by atoms with Crippen LogP contribution in [0.1, 0.15) is 48.8 Å². The molecule has 0 saturated heterocycles. The summed E-state index contributed by atoms with van der Waals surface area (Å²) in [6, 6.07) is 41.6. The Hall–Kier alpha value is -6.71. The predicted molar refractivity (Wildman–Crippen MR) is 231 cm³/mol. The molecule has 0 aliphatic rings. The van der Waals surface area contributed by atoms with Crippen LogP contribution in [0, 0.1) is 0 Å². The summed E-state index contributed by atoms with van der Waals surface area (Å²) in [5.41, 5.74) is 12.5. The van der Waals surface area contributed by atoms with Crippen molar-refractivity contribution in [1.82, 2.24) is 15.0 Å². The predicted octanol–water partition coefficient (Wildman–Crippen LogP) is 11.4. The van der Waals surface area contributed by atoms with Crippen molar-refractivity contribution in [2.24, 2.45) is 0 Å². The summed E-state index contributed by atoms with van der Waals surface area (Å²) in [5.74, 6) is 0.677. The molecule has 6 aromatic rings. The van der Waals surface area contributed by atoms with Crippen molar-refractivity contribution >= 4 is 36.0 Å². The maximum atomic E-state index is 5.16. The van der Waals surface area contributed by atoms with Crippen molar-refractivity contribution in [3.8, 4) is 22.5 Å². The van der Waals surface area contributed by atoms with E-state index in [0.717, 1.165) is 66.4 Å². The molecule has 264 valence electrons. The Balaban J connectivity index is 1.36. The minimum atomic E-state index is 0.635. The Bertz CT molecular complexity index is 2520. The van der Waals surface area contributed by atoms with Gasteiger partial charge in [-0.05, 0) is 112 Å². The van der Waals surface area contributed by atoms with E-state index in [0.29, 0.717) is 12.2 Å². The Morgan fingerprint density at radius 2 is 1.48 bits per heavy atom. The van der Waals surface area contributed by atoms with E-state index in [4.69, 9.17) is 9.97 Å². The van der Waals surface area contributed by atoms with Crippen molar-refractivity contribution in [2.45, 2.75) is 27.2 Å². The molecule has 4 aromatic carbocycles. The van der Waals surface area contributed by atoms with Crippen molar-refractivity contribution in [1.29, 1.82) is 0 Å². The molecule has 2 aromatic heterocycles. The van der Waals surface area contributed by atoms with Gasteiger partial charge in [0.2, 0.25) is 0 Å². The van der Waals surface area contributed by atoms with Gasteiger partial charge in [-0.15, -0.1) is 0 Å². The summed E-state index contributed by atoms with van der Waals surface area (Å²) < 4.78 is 0. The minimum absolute atomic E-state index is 0.635. The fraction of sp³-hybridized carbons (Fsp3) is 0.0784. The Labute approximate surface area is 319 Å². The van der Waals surface area contributed by atoms with Crippen LogP contribution in [0.4, 0.5) is 0 Å². The van der Waals surface area contributed by atoms with E-state index < -0.39 is 0 Å². The van der Waals surface area contributed by atoms with Gasteiger partial charge in [0, 0.05) is 30.1 Å². The highest BCUT2D eigenvalue weighted by Crippen LogP contribution is 2.27. The molecule has 2 heterocycles. The lowest BCUT2D eigenvalue weighted by molar-refractivity contribution is 1.05. The Kier molecular flexibility index (Phi) is 12.5. The van der Waals surface area contributed by atoms with Crippen LogP contribution in [0.15, 0.2) is 182 Å². The molecule has 0 fully saturated rings. The molecule has 0 N–H and O–H groups in total. The molecule has 0 atom stereocenters. The molecule has 0 radical (unpaired) electrons. The lowest BCUT2D eigenvalue weighted by Crippen LogP contribution is -2.21. The third-order valence-electron chi connectivity index (χ3n) is 9.23. The van der Waals surface area contributed by atoms with Crippen LogP contribution in [0.2, 0.25) is 0 Å². The van der Waals surface area contributed by atoms with Crippen molar-refractivity contribution in [3.63, 3.8) is 0 Å². The average Bonchev–Trinajstić information content (AvgIpc) is 3.22. The smallest absolute Gasteiger partial charge is 0.160 e. The molecule has 0 unspecified atom stereocenters. The number of benzene rings is 4. The largest absolute Gasteiger partial charge is 0.264 e. The molecule has 0 saturated carbocycles. The number of aromatic nitrogens is 3. The van der Waals surface area contributed by atoms with Gasteiger partial charge in [0.15, 0.2) is 5.82 Å². The van der Waals surface area contributed by atoms with E-state index in [1.165, 1.54) is 11.1 Å². The van der Waals surface area contributed by atoms with Gasteiger partial charge in [0.25, 0.3) is 0 Å². The summed E-state index contributed by atoms with van der Waals surface area (Å²) in [4.78, 5) is 14.6. The summed E-state index contributed by atoms with van der Waals surface area (Å²) in [5, 5.41) is 2.03. The molecule has 3 heteroatoms. The zero-order chi connectivity index (χ0) is 37.7. The molecule has 0 bridgehead atoms. The SMILES string of the molecule is C=C(/C=c1/ccccc1=C)/C(C)=C/C(=C\C)c1cc(C/C=C\C(=C/C)c2cccnc2)nc(-c2cccc(/C=C/c3ccccc3-c3ccccc3)c2)n1. The fourth-order valence-electron chi connectivity index (χ4n) is 6.18. The third kappa shape index (κ3) is 9.58. The summed E-state index contributed by atoms with van der Waals surface area (Å²) >= 11 is 0. The second kappa shape index (κ2) is 18.2. The van der Waals surface area contributed by atoms with E-state index in [1.807, 2.05) is 50.4 Å². The first-order valence-corrected chi connectivity index (χ1v) is 18.3. The number of pyridine rings is 1. The first-order chi connectivity index (χ1) is 26.4. The molecule has 54 heavy (non-hydrogen) atoms. The van der Waals surface area contributed by atoms with Gasteiger partial charge in [-0.1, -0.05) is 153 Å². The van der Waals surface area contributed by atoms with Crippen LogP contribution < -0.4 is 10.4 Å². The van der Waals surface area contributed by atoms with Gasteiger partial charge in [0.05, 0.1) is 5.69 Å². The van der Waals surface area contributed by atoms with Crippen LogP contribution in [-0.2, 0) is 6.42 Å². The van der Waals surface area contributed by atoms with Gasteiger partial charge >= 0.3 is 0 Å². The van der Waals surface area contributed by atoms with Gasteiger partial charge in [-0.25, -0.2) is 9.97 Å². The van der Waals surface area contributed by atoms with E-state index in [-0.39, 0.29) is 0 Å². The second-order valence-electron chi connectivity index (χ2n) is 13.0. The van der Waals surface area contributed by atoms with E-state index in [2.05, 4.69) is 165 Å². The Morgan fingerprint density at radius 1 is 0.722 bits per heavy atom. The number of hydrogen-bond acceptors (Lipinski definition) is 3. The third-order valence-corrected chi connectivity index (χ3v) is 9.23. The minimum Gasteiger partial charge on any atom is -0.264 e. The highest BCUT2D eigenvalue weighted by molar-refractivity contribution is 5.82. The van der Waals surface area contributed by atoms with Crippen LogP contribution in [0.25, 0.3) is 58.5 Å². The van der Waals surface area contributed by atoms with E-state index >= 15 is 0 Å². The molecule has 0 aliphatic carbocycles. The summed E-state index contributed by atoms with van der Waals surface area (Å²) in [6.07, 6.45) is 21.4. The van der Waals surface area contributed by atoms with E-state index in [9.17, 15) is 0 Å². The molecular formula is C51H45N3. The second-order valence-corrected chi connectivity index (χ2v) is 13.0. The standard InChI is InChI=1S/C51H45N3/c1-6-41(47-26-17-31-52-36-47)24-16-27-48-35-50(42(7-2)32-38(4)39(5)33-45-23-12-11-18-37(45)3)54-51(53-48)46-25-15-19-40(34-46)29-30-44-22-13-14-28-49(44)43-20-9-8-10-21-43/h6-26,28-36H,3,5,27H2,1-2,4H3/b24-16-,30-29+,38-32+,41-6+,42-7+,45-33-. The molecular weight excluding hydrogens is 655 g/mol. The zero-order valence-electron chi connectivity index (χ0n) is 31.3. The highest BCUT2D eigenvalue weighted by atomic mass is 14.9. The molecule has 0 amide bonds. The quantitative estimate of drug-likeness (QED) is 0.0943. The number of nitrogens with zero attached hydrogens (tertiary/aromatic N) is 3. The normalized spacial score (nSPS) is 12.9. The van der Waals surface area contributed by atoms with Crippen LogP contribution in [-0.4, -0.2) is 15.0 Å². The van der Waals surface area contributed by atoms with Crippen molar-refractivity contribution in [2.75, 3.05) is 0 Å². The Morgan fingerprint density at radius 3 is 2.26 bits per heavy atom. The van der Waals surface area contributed by atoms with Gasteiger partial charge in [-0.2, -0.15) is 0 Å². The topological polar surface area (TPSA) is 38.7 Å². The summed E-state index contributed by atoms with van der Waals surface area (Å²) in [6.45, 7) is 14.7. The van der Waals surface area contributed by atoms with Crippen molar-refractivity contribution in [3.05, 3.63) is 220 Å². The molecule has 3 nitrogen and oxygen atoms in total. The van der Waals surface area contributed by atoms with Crippen LogP contribution >= 0.6 is 0 Å². The monoisotopic (exact) mass is 699 g/mol. The number of allylic oxidation sites excluding steroid dienone is 9. The molecule has 0 aliphatic heterocycles. The van der Waals surface area contributed by atoms with Crippen molar-refractivity contribution < 1.29 is 0 Å². The first kappa shape index (κ1) is 37.1. The average molecular weight is 700 g/mol. The lowest BCUT2D eigenvalue weighted by atomic mass is 9.98. The highest BCUT2D eigenvalue weighted by Gasteiger charge is 2.11. The van der Waals surface area contributed by atoms with Crippen LogP contribution in [0.3, 0.4) is 0 Å². The van der Waals surface area contributed by atoms with Gasteiger partial charge < -0.3 is 0 Å². The maximum Gasteiger partial charge on any atom is 0.160 e. The molecule has 6 rings (SSSR count). The first-order valence-electron chi connectivity index (χ1n) is 18.3.